The molecule has 4 heteroatoms. The van der Waals surface area contributed by atoms with Crippen molar-refractivity contribution in [1.29, 1.82) is 0 Å². The first-order valence-electron chi connectivity index (χ1n) is 7.94. The molecule has 0 radical (unpaired) electrons. The van der Waals surface area contributed by atoms with Gasteiger partial charge in [0.05, 0.1) is 0 Å². The largest absolute Gasteiger partial charge is 0.306 e. The summed E-state index contributed by atoms with van der Waals surface area (Å²) >= 11 is 1.27. The Hall–Kier alpha value is -1.29. The molecule has 1 aliphatic carbocycles. The molecule has 1 aromatic carbocycles. The van der Waals surface area contributed by atoms with Gasteiger partial charge in [0.25, 0.3) is 5.24 Å². The Morgan fingerprint density at radius 3 is 2.77 bits per heavy atom. The highest BCUT2D eigenvalue weighted by Crippen LogP contribution is 2.26. The summed E-state index contributed by atoms with van der Waals surface area (Å²) in [6, 6.07) is 6.11. The lowest BCUT2D eigenvalue weighted by Gasteiger charge is -2.20. The molecule has 0 heterocycles. The third-order valence-corrected chi connectivity index (χ3v) is 5.06. The van der Waals surface area contributed by atoms with Crippen LogP contribution in [0, 0.1) is 11.7 Å². The van der Waals surface area contributed by atoms with Crippen LogP contribution in [0.25, 0.3) is 0 Å². The maximum atomic E-state index is 13.2. The molecule has 0 aliphatic heterocycles. The third kappa shape index (κ3) is 5.16. The van der Waals surface area contributed by atoms with E-state index in [1.165, 1.54) is 60.9 Å². The molecule has 0 N–H and O–H groups in total. The maximum Gasteiger partial charge on any atom is 0.286 e. The molecule has 1 aliphatic rings. The Morgan fingerprint density at radius 2 is 2.09 bits per heavy atom. The molecule has 2 rings (SSSR count). The molecule has 0 aromatic heterocycles. The Morgan fingerprint density at radius 1 is 1.36 bits per heavy atom. The fraction of sp³-hybridized carbons (Fsp3) is 0.500. The lowest BCUT2D eigenvalue weighted by molar-refractivity contribution is 0.266. The smallest absolute Gasteiger partial charge is 0.286 e. The first-order chi connectivity index (χ1) is 10.6. The van der Waals surface area contributed by atoms with E-state index in [4.69, 9.17) is 0 Å². The number of nitrogens with zero attached hydrogens (tertiary/aromatic N) is 1. The Balaban J connectivity index is 1.86. The molecule has 22 heavy (non-hydrogen) atoms. The van der Waals surface area contributed by atoms with E-state index in [0.717, 1.165) is 0 Å². The number of halogens is 1. The minimum absolute atomic E-state index is 0.0635. The van der Waals surface area contributed by atoms with E-state index in [2.05, 4.69) is 12.2 Å². The second-order valence-corrected chi connectivity index (χ2v) is 7.24. The number of benzene rings is 1. The summed E-state index contributed by atoms with van der Waals surface area (Å²) in [6.45, 7) is 2.03. The summed E-state index contributed by atoms with van der Waals surface area (Å²) in [5.74, 6) is 0.347. The molecular formula is C18H24FNOS. The normalized spacial score (nSPS) is 17.6. The maximum absolute atomic E-state index is 13.2. The van der Waals surface area contributed by atoms with Crippen LogP contribution in [0.1, 0.15) is 39.0 Å². The lowest BCUT2D eigenvalue weighted by Crippen LogP contribution is -2.23. The van der Waals surface area contributed by atoms with Gasteiger partial charge in [0.15, 0.2) is 0 Å². The predicted molar refractivity (Wildman–Crippen MR) is 93.0 cm³/mol. The third-order valence-electron chi connectivity index (χ3n) is 4.06. The predicted octanol–water partition coefficient (Wildman–Crippen LogP) is 5.64. The fourth-order valence-corrected chi connectivity index (χ4v) is 3.46. The van der Waals surface area contributed by atoms with Crippen LogP contribution in [0.5, 0.6) is 0 Å². The van der Waals surface area contributed by atoms with Crippen molar-refractivity contribution < 1.29 is 9.18 Å². The minimum Gasteiger partial charge on any atom is -0.306 e. The highest BCUT2D eigenvalue weighted by atomic mass is 32.2. The second-order valence-electron chi connectivity index (χ2n) is 5.91. The van der Waals surface area contributed by atoms with Crippen LogP contribution < -0.4 is 4.90 Å². The number of anilines is 1. The van der Waals surface area contributed by atoms with Crippen LogP contribution in [-0.2, 0) is 0 Å². The number of carbonyl (C=O) groups is 1. The molecule has 0 spiro atoms. The average molecular weight is 321 g/mol. The molecule has 1 amide bonds. The number of thioether (sulfide) groups is 1. The standard InChI is InChI=1S/C18H24FNOS/c1-14(11-12-15-7-4-3-5-8-15)22-18(21)20(2)17-10-6-9-16(19)13-17/h6,9-15H,3-5,7-8H2,1-2H3/b12-11+. The number of hydrogen-bond donors (Lipinski definition) is 0. The van der Waals surface area contributed by atoms with Gasteiger partial charge in [-0.1, -0.05) is 49.2 Å². The van der Waals surface area contributed by atoms with Crippen molar-refractivity contribution in [3.63, 3.8) is 0 Å². The molecule has 1 unspecified atom stereocenters. The van der Waals surface area contributed by atoms with E-state index in [1.54, 1.807) is 19.2 Å². The Kier molecular flexibility index (Phi) is 6.49. The van der Waals surface area contributed by atoms with Gasteiger partial charge in [0, 0.05) is 18.0 Å². The Bertz CT molecular complexity index is 526. The highest BCUT2D eigenvalue weighted by Gasteiger charge is 2.15. The molecule has 0 saturated heterocycles. The number of carbonyl (C=O) groups excluding carboxylic acids is 1. The number of hydrogen-bond acceptors (Lipinski definition) is 2. The van der Waals surface area contributed by atoms with E-state index < -0.39 is 0 Å². The highest BCUT2D eigenvalue weighted by molar-refractivity contribution is 8.14. The number of amides is 1. The van der Waals surface area contributed by atoms with Crippen molar-refractivity contribution in [3.05, 3.63) is 42.2 Å². The first-order valence-corrected chi connectivity index (χ1v) is 8.82. The van der Waals surface area contributed by atoms with Gasteiger partial charge in [0.2, 0.25) is 0 Å². The lowest BCUT2D eigenvalue weighted by atomic mass is 9.89. The van der Waals surface area contributed by atoms with Crippen LogP contribution in [0.2, 0.25) is 0 Å². The zero-order valence-electron chi connectivity index (χ0n) is 13.3. The topological polar surface area (TPSA) is 20.3 Å². The van der Waals surface area contributed by atoms with E-state index >= 15 is 0 Å². The summed E-state index contributed by atoms with van der Waals surface area (Å²) in [5.41, 5.74) is 0.584. The van der Waals surface area contributed by atoms with Gasteiger partial charge in [-0.25, -0.2) is 4.39 Å². The van der Waals surface area contributed by atoms with Crippen LogP contribution in [0.15, 0.2) is 36.4 Å². The number of rotatable bonds is 4. The van der Waals surface area contributed by atoms with Crippen LogP contribution in [0.3, 0.4) is 0 Å². The number of allylic oxidation sites excluding steroid dienone is 1. The van der Waals surface area contributed by atoms with Gasteiger partial charge in [-0.15, -0.1) is 0 Å². The summed E-state index contributed by atoms with van der Waals surface area (Å²) in [7, 11) is 1.68. The van der Waals surface area contributed by atoms with Crippen molar-refractivity contribution in [1.82, 2.24) is 0 Å². The fourth-order valence-electron chi connectivity index (χ4n) is 2.71. The zero-order chi connectivity index (χ0) is 15.9. The zero-order valence-corrected chi connectivity index (χ0v) is 14.1. The van der Waals surface area contributed by atoms with Gasteiger partial charge in [-0.3, -0.25) is 4.79 Å². The molecule has 1 atom stereocenters. The molecule has 1 saturated carbocycles. The van der Waals surface area contributed by atoms with Gasteiger partial charge in [-0.05, 0) is 43.9 Å². The van der Waals surface area contributed by atoms with E-state index in [1.807, 2.05) is 6.92 Å². The summed E-state index contributed by atoms with van der Waals surface area (Å²) in [4.78, 5) is 13.7. The van der Waals surface area contributed by atoms with Crippen LogP contribution in [-0.4, -0.2) is 17.5 Å². The Labute approximate surface area is 136 Å². The quantitative estimate of drug-likeness (QED) is 0.669. The summed E-state index contributed by atoms with van der Waals surface area (Å²) in [6.07, 6.45) is 10.9. The molecule has 1 fully saturated rings. The van der Waals surface area contributed by atoms with Gasteiger partial charge in [0.1, 0.15) is 5.82 Å². The second kappa shape index (κ2) is 8.37. The summed E-state index contributed by atoms with van der Waals surface area (Å²) < 4.78 is 13.2. The van der Waals surface area contributed by atoms with Crippen molar-refractivity contribution in [2.75, 3.05) is 11.9 Å². The van der Waals surface area contributed by atoms with Crippen LogP contribution >= 0.6 is 11.8 Å². The van der Waals surface area contributed by atoms with Crippen molar-refractivity contribution in [3.8, 4) is 0 Å². The monoisotopic (exact) mass is 321 g/mol. The molecule has 2 nitrogen and oxygen atoms in total. The van der Waals surface area contributed by atoms with E-state index in [0.29, 0.717) is 11.6 Å². The summed E-state index contributed by atoms with van der Waals surface area (Å²) in [5, 5.41) is 0.0665. The molecule has 1 aromatic rings. The minimum atomic E-state index is -0.326. The molecule has 120 valence electrons. The SMILES string of the molecule is CC(/C=C/C1CCCCC1)SC(=O)N(C)c1cccc(F)c1. The molecular weight excluding hydrogens is 297 g/mol. The van der Waals surface area contributed by atoms with Crippen molar-refractivity contribution in [2.24, 2.45) is 5.92 Å². The average Bonchev–Trinajstić information content (AvgIpc) is 2.53. The van der Waals surface area contributed by atoms with Gasteiger partial charge in [-0.2, -0.15) is 0 Å². The van der Waals surface area contributed by atoms with Crippen LogP contribution in [0.4, 0.5) is 14.9 Å². The van der Waals surface area contributed by atoms with Crippen molar-refractivity contribution >= 4 is 22.7 Å². The van der Waals surface area contributed by atoms with E-state index in [9.17, 15) is 9.18 Å². The van der Waals surface area contributed by atoms with Crippen molar-refractivity contribution in [2.45, 2.75) is 44.3 Å². The van der Waals surface area contributed by atoms with E-state index in [-0.39, 0.29) is 16.3 Å². The molecule has 0 bridgehead atoms. The van der Waals surface area contributed by atoms with Gasteiger partial charge < -0.3 is 4.90 Å². The van der Waals surface area contributed by atoms with Gasteiger partial charge >= 0.3 is 0 Å². The first kappa shape index (κ1) is 17.1.